The molecule has 0 saturated heterocycles. The molecule has 0 fully saturated rings. The summed E-state index contributed by atoms with van der Waals surface area (Å²) in [5.41, 5.74) is 1.96. The van der Waals surface area contributed by atoms with Crippen LogP contribution in [0.15, 0.2) is 42.7 Å². The van der Waals surface area contributed by atoms with Crippen molar-refractivity contribution < 1.29 is 9.90 Å². The van der Waals surface area contributed by atoms with Crippen LogP contribution in [-0.2, 0) is 4.79 Å². The van der Waals surface area contributed by atoms with Crippen molar-refractivity contribution in [3.05, 3.63) is 48.3 Å². The van der Waals surface area contributed by atoms with Gasteiger partial charge in [0.1, 0.15) is 11.6 Å². The van der Waals surface area contributed by atoms with E-state index in [1.54, 1.807) is 12.4 Å². The smallest absolute Gasteiger partial charge is 0.303 e. The lowest BCUT2D eigenvalue weighted by atomic mass is 10.3. The first kappa shape index (κ1) is 18.8. The van der Waals surface area contributed by atoms with E-state index in [-0.39, 0.29) is 6.42 Å². The Morgan fingerprint density at radius 1 is 1.26 bits per heavy atom. The number of carboxylic acids is 1. The van der Waals surface area contributed by atoms with Crippen molar-refractivity contribution in [3.63, 3.8) is 0 Å². The van der Waals surface area contributed by atoms with E-state index in [1.807, 2.05) is 49.2 Å². The number of thiazole rings is 1. The fourth-order valence-corrected chi connectivity index (χ4v) is 3.37. The number of pyridine rings is 2. The highest BCUT2D eigenvalue weighted by Crippen LogP contribution is 2.30. The van der Waals surface area contributed by atoms with Gasteiger partial charge >= 0.3 is 5.97 Å². The normalized spacial score (nSPS) is 10.6. The maximum absolute atomic E-state index is 10.6. The molecule has 3 aromatic heterocycles. The molecular formula is C19H21N5O2S. The zero-order valence-electron chi connectivity index (χ0n) is 15.2. The first-order valence-corrected chi connectivity index (χ1v) is 9.39. The Labute approximate surface area is 161 Å². The second kappa shape index (κ2) is 8.59. The maximum atomic E-state index is 10.6. The van der Waals surface area contributed by atoms with E-state index in [0.29, 0.717) is 13.0 Å². The van der Waals surface area contributed by atoms with Gasteiger partial charge in [-0.1, -0.05) is 17.4 Å². The molecule has 0 radical (unpaired) electrons. The molecule has 140 valence electrons. The van der Waals surface area contributed by atoms with Gasteiger partial charge in [0, 0.05) is 32.4 Å². The van der Waals surface area contributed by atoms with Gasteiger partial charge in [-0.3, -0.25) is 4.79 Å². The van der Waals surface area contributed by atoms with Crippen LogP contribution in [0.2, 0.25) is 0 Å². The first-order chi connectivity index (χ1) is 13.0. The molecule has 3 rings (SSSR count). The molecule has 2 N–H and O–H groups in total. The number of carbonyl (C=O) groups is 1. The van der Waals surface area contributed by atoms with Crippen molar-refractivity contribution in [1.82, 2.24) is 15.0 Å². The van der Waals surface area contributed by atoms with Crippen LogP contribution in [0.25, 0.3) is 10.6 Å². The number of nitrogens with zero attached hydrogens (tertiary/aromatic N) is 4. The molecule has 0 aliphatic heterocycles. The monoisotopic (exact) mass is 383 g/mol. The standard InChI is InChI=1S/C19H21N5O2S/c1-13-8-9-20-17(11-13)23-16-6-3-5-14(22-16)15-12-21-19(27-15)24(2)10-4-7-18(25)26/h3,5-6,8-9,11-12H,4,7,10H2,1-2H3,(H,25,26)(H,20,22,23). The Kier molecular flexibility index (Phi) is 5.97. The van der Waals surface area contributed by atoms with Gasteiger partial charge in [0.05, 0.1) is 10.6 Å². The second-order valence-electron chi connectivity index (χ2n) is 6.18. The topological polar surface area (TPSA) is 91.2 Å². The number of rotatable bonds is 8. The lowest BCUT2D eigenvalue weighted by Crippen LogP contribution is -2.18. The molecular weight excluding hydrogens is 362 g/mol. The van der Waals surface area contributed by atoms with Crippen molar-refractivity contribution in [2.75, 3.05) is 23.8 Å². The van der Waals surface area contributed by atoms with Crippen molar-refractivity contribution in [1.29, 1.82) is 0 Å². The van der Waals surface area contributed by atoms with Crippen LogP contribution in [0, 0.1) is 6.92 Å². The Hall–Kier alpha value is -3.00. The van der Waals surface area contributed by atoms with Gasteiger partial charge in [-0.05, 0) is 43.2 Å². The molecule has 7 nitrogen and oxygen atoms in total. The summed E-state index contributed by atoms with van der Waals surface area (Å²) in [6, 6.07) is 9.69. The van der Waals surface area contributed by atoms with E-state index in [1.165, 1.54) is 11.3 Å². The number of aromatic nitrogens is 3. The van der Waals surface area contributed by atoms with Crippen molar-refractivity contribution in [2.45, 2.75) is 19.8 Å². The lowest BCUT2D eigenvalue weighted by molar-refractivity contribution is -0.137. The minimum Gasteiger partial charge on any atom is -0.481 e. The van der Waals surface area contributed by atoms with E-state index < -0.39 is 5.97 Å². The summed E-state index contributed by atoms with van der Waals surface area (Å²) in [5.74, 6) is 0.693. The van der Waals surface area contributed by atoms with Gasteiger partial charge in [0.15, 0.2) is 5.13 Å². The molecule has 0 amide bonds. The van der Waals surface area contributed by atoms with E-state index in [0.717, 1.165) is 32.9 Å². The van der Waals surface area contributed by atoms with Crippen LogP contribution in [0.3, 0.4) is 0 Å². The number of aliphatic carboxylic acids is 1. The third-order valence-electron chi connectivity index (χ3n) is 3.88. The summed E-state index contributed by atoms with van der Waals surface area (Å²) in [7, 11) is 1.92. The number of aryl methyl sites for hydroxylation is 1. The predicted molar refractivity (Wildman–Crippen MR) is 108 cm³/mol. The summed E-state index contributed by atoms with van der Waals surface area (Å²) in [6.45, 7) is 2.66. The predicted octanol–water partition coefficient (Wildman–Crippen LogP) is 3.95. The Bertz CT molecular complexity index is 928. The molecule has 0 saturated carbocycles. The second-order valence-corrected chi connectivity index (χ2v) is 7.19. The van der Waals surface area contributed by atoms with Gasteiger partial charge in [-0.25, -0.2) is 15.0 Å². The zero-order valence-corrected chi connectivity index (χ0v) is 16.0. The van der Waals surface area contributed by atoms with Crippen LogP contribution in [0.1, 0.15) is 18.4 Å². The largest absolute Gasteiger partial charge is 0.481 e. The third-order valence-corrected chi connectivity index (χ3v) is 5.01. The van der Waals surface area contributed by atoms with E-state index in [9.17, 15) is 4.79 Å². The maximum Gasteiger partial charge on any atom is 0.303 e. The number of hydrogen-bond donors (Lipinski definition) is 2. The highest BCUT2D eigenvalue weighted by molar-refractivity contribution is 7.18. The van der Waals surface area contributed by atoms with Crippen LogP contribution >= 0.6 is 11.3 Å². The highest BCUT2D eigenvalue weighted by atomic mass is 32.1. The fourth-order valence-electron chi connectivity index (χ4n) is 2.50. The van der Waals surface area contributed by atoms with Gasteiger partial charge in [0.25, 0.3) is 0 Å². The molecule has 0 spiro atoms. The van der Waals surface area contributed by atoms with Gasteiger partial charge in [-0.15, -0.1) is 0 Å². The summed E-state index contributed by atoms with van der Waals surface area (Å²) in [5, 5.41) is 12.8. The highest BCUT2D eigenvalue weighted by Gasteiger charge is 2.11. The van der Waals surface area contributed by atoms with E-state index in [2.05, 4.69) is 20.3 Å². The van der Waals surface area contributed by atoms with Crippen molar-refractivity contribution >= 4 is 34.1 Å². The quantitative estimate of drug-likeness (QED) is 0.608. The van der Waals surface area contributed by atoms with Crippen molar-refractivity contribution in [3.8, 4) is 10.6 Å². The van der Waals surface area contributed by atoms with E-state index >= 15 is 0 Å². The Balaban J connectivity index is 1.70. The molecule has 27 heavy (non-hydrogen) atoms. The van der Waals surface area contributed by atoms with Crippen molar-refractivity contribution in [2.24, 2.45) is 0 Å². The molecule has 0 aromatic carbocycles. The lowest BCUT2D eigenvalue weighted by Gasteiger charge is -2.14. The van der Waals surface area contributed by atoms with Crippen LogP contribution in [0.5, 0.6) is 0 Å². The average Bonchev–Trinajstić information content (AvgIpc) is 3.12. The summed E-state index contributed by atoms with van der Waals surface area (Å²) in [6.07, 6.45) is 4.30. The molecule has 3 aromatic rings. The van der Waals surface area contributed by atoms with Crippen LogP contribution in [0.4, 0.5) is 16.8 Å². The molecule has 3 heterocycles. The summed E-state index contributed by atoms with van der Waals surface area (Å²) >= 11 is 1.53. The number of carboxylic acid groups (broad SMARTS) is 1. The SMILES string of the molecule is Cc1ccnc(Nc2cccc(-c3cnc(N(C)CCCC(=O)O)s3)n2)c1. The molecule has 0 bridgehead atoms. The summed E-state index contributed by atoms with van der Waals surface area (Å²) in [4.78, 5) is 26.9. The number of nitrogens with one attached hydrogen (secondary N) is 1. The van der Waals surface area contributed by atoms with Gasteiger partial charge < -0.3 is 15.3 Å². The van der Waals surface area contributed by atoms with E-state index in [4.69, 9.17) is 5.11 Å². The number of anilines is 3. The molecule has 8 heteroatoms. The fraction of sp³-hybridized carbons (Fsp3) is 0.263. The number of hydrogen-bond acceptors (Lipinski definition) is 7. The zero-order chi connectivity index (χ0) is 19.2. The third kappa shape index (κ3) is 5.24. The van der Waals surface area contributed by atoms with Crippen LogP contribution in [-0.4, -0.2) is 39.6 Å². The summed E-state index contributed by atoms with van der Waals surface area (Å²) < 4.78 is 0. The molecule has 0 unspecified atom stereocenters. The van der Waals surface area contributed by atoms with Gasteiger partial charge in [-0.2, -0.15) is 0 Å². The molecule has 0 aliphatic rings. The van der Waals surface area contributed by atoms with Crippen LogP contribution < -0.4 is 10.2 Å². The minimum atomic E-state index is -0.778. The first-order valence-electron chi connectivity index (χ1n) is 8.57. The van der Waals surface area contributed by atoms with Gasteiger partial charge in [0.2, 0.25) is 0 Å². The molecule has 0 aliphatic carbocycles. The average molecular weight is 383 g/mol. The Morgan fingerprint density at radius 3 is 2.89 bits per heavy atom. The Morgan fingerprint density at radius 2 is 2.11 bits per heavy atom. The molecule has 0 atom stereocenters. The minimum absolute atomic E-state index is 0.158.